The van der Waals surface area contributed by atoms with Gasteiger partial charge in [0.15, 0.2) is 0 Å². The van der Waals surface area contributed by atoms with Gasteiger partial charge in [0.25, 0.3) is 0 Å². The monoisotopic (exact) mass is 182 g/mol. The molecule has 0 amide bonds. The molecule has 66 valence electrons. The van der Waals surface area contributed by atoms with E-state index in [1.807, 2.05) is 30.3 Å². The minimum Gasteiger partial charge on any atom is -0.369 e. The number of unbranched alkanes of at least 4 members (excludes halogenated alkanes) is 1. The average molecular weight is 182 g/mol. The fraction of sp³-hybridized carbons (Fsp3) is 0.400. The van der Waals surface area contributed by atoms with E-state index in [1.165, 1.54) is 0 Å². The Bertz CT molecular complexity index is 210. The second kappa shape index (κ2) is 5.29. The van der Waals surface area contributed by atoms with Crippen LogP contribution >= 0.6 is 8.15 Å². The molecule has 1 aromatic rings. The Morgan fingerprint density at radius 2 is 1.92 bits per heavy atom. The number of hydrogen-bond acceptors (Lipinski definition) is 1. The minimum absolute atomic E-state index is 0.882. The zero-order chi connectivity index (χ0) is 8.81. The molecule has 1 nitrogen and oxygen atoms in total. The molecule has 1 atom stereocenters. The van der Waals surface area contributed by atoms with Gasteiger partial charge >= 0.3 is 0 Å². The van der Waals surface area contributed by atoms with Gasteiger partial charge in [-0.15, -0.1) is 0 Å². The first-order valence-electron chi connectivity index (χ1n) is 4.36. The molecule has 1 aromatic carbocycles. The average Bonchev–Trinajstić information content (AvgIpc) is 2.15. The van der Waals surface area contributed by atoms with Crippen LogP contribution in [0.3, 0.4) is 0 Å². The third-order valence-corrected chi connectivity index (χ3v) is 3.41. The summed E-state index contributed by atoms with van der Waals surface area (Å²) in [4.78, 5) is 9.72. The van der Waals surface area contributed by atoms with Crippen molar-refractivity contribution in [2.45, 2.75) is 19.8 Å². The van der Waals surface area contributed by atoms with E-state index < -0.39 is 8.15 Å². The summed E-state index contributed by atoms with van der Waals surface area (Å²) in [5.74, 6) is 0. The molecular weight excluding hydrogens is 167 g/mol. The summed E-state index contributed by atoms with van der Waals surface area (Å²) in [5, 5.41) is 1.10. The standard InChI is InChI=1S/C10H15OP/c1-2-3-9-12(11)10-7-5-4-6-8-10/h4-8,11H,2-3,9H2,1H3/t12-/m0/s1. The van der Waals surface area contributed by atoms with Crippen LogP contribution in [0.4, 0.5) is 0 Å². The fourth-order valence-corrected chi connectivity index (χ4v) is 2.43. The van der Waals surface area contributed by atoms with Gasteiger partial charge in [-0.05, 0) is 12.6 Å². The predicted molar refractivity (Wildman–Crippen MR) is 55.0 cm³/mol. The molecular formula is C10H15OP. The van der Waals surface area contributed by atoms with Crippen molar-refractivity contribution in [3.63, 3.8) is 0 Å². The van der Waals surface area contributed by atoms with Crippen LogP contribution < -0.4 is 5.30 Å². The lowest BCUT2D eigenvalue weighted by Crippen LogP contribution is -2.01. The van der Waals surface area contributed by atoms with Crippen LogP contribution in [0.15, 0.2) is 30.3 Å². The molecule has 0 aliphatic carbocycles. The Kier molecular flexibility index (Phi) is 4.27. The smallest absolute Gasteiger partial charge is 0.0563 e. The summed E-state index contributed by atoms with van der Waals surface area (Å²) in [6.07, 6.45) is 3.22. The Hall–Kier alpha value is -0.390. The van der Waals surface area contributed by atoms with Crippen LogP contribution in [0, 0.1) is 0 Å². The molecule has 0 saturated carbocycles. The van der Waals surface area contributed by atoms with E-state index in [-0.39, 0.29) is 0 Å². The highest BCUT2D eigenvalue weighted by Gasteiger charge is 2.04. The Balaban J connectivity index is 2.48. The number of hydrogen-bond donors (Lipinski definition) is 1. The van der Waals surface area contributed by atoms with E-state index in [0.717, 1.165) is 24.3 Å². The molecule has 12 heavy (non-hydrogen) atoms. The van der Waals surface area contributed by atoms with E-state index >= 15 is 0 Å². The quantitative estimate of drug-likeness (QED) is 0.709. The third-order valence-electron chi connectivity index (χ3n) is 1.78. The molecule has 1 N–H and O–H groups in total. The number of rotatable bonds is 4. The van der Waals surface area contributed by atoms with Crippen LogP contribution in [0.25, 0.3) is 0 Å². The first-order chi connectivity index (χ1) is 5.84. The van der Waals surface area contributed by atoms with E-state index in [4.69, 9.17) is 0 Å². The molecule has 0 unspecified atom stereocenters. The second-order valence-electron chi connectivity index (χ2n) is 2.81. The van der Waals surface area contributed by atoms with Crippen molar-refractivity contribution in [3.05, 3.63) is 30.3 Å². The van der Waals surface area contributed by atoms with Crippen molar-refractivity contribution in [2.75, 3.05) is 6.16 Å². The lowest BCUT2D eigenvalue weighted by atomic mass is 10.4. The van der Waals surface area contributed by atoms with Crippen LogP contribution in [0.5, 0.6) is 0 Å². The largest absolute Gasteiger partial charge is 0.369 e. The summed E-state index contributed by atoms with van der Waals surface area (Å²) in [5.41, 5.74) is 0. The second-order valence-corrected chi connectivity index (χ2v) is 4.57. The van der Waals surface area contributed by atoms with Gasteiger partial charge in [0, 0.05) is 5.30 Å². The molecule has 0 radical (unpaired) electrons. The zero-order valence-electron chi connectivity index (χ0n) is 7.40. The van der Waals surface area contributed by atoms with E-state index in [2.05, 4.69) is 6.92 Å². The molecule has 2 heteroatoms. The van der Waals surface area contributed by atoms with Crippen molar-refractivity contribution in [1.82, 2.24) is 0 Å². The van der Waals surface area contributed by atoms with Crippen molar-refractivity contribution in [1.29, 1.82) is 0 Å². The SMILES string of the molecule is CCCC[P@](O)c1ccccc1. The van der Waals surface area contributed by atoms with Gasteiger partial charge in [-0.3, -0.25) is 0 Å². The summed E-state index contributed by atoms with van der Waals surface area (Å²) < 4.78 is 0. The van der Waals surface area contributed by atoms with Gasteiger partial charge in [0.1, 0.15) is 0 Å². The van der Waals surface area contributed by atoms with E-state index in [1.54, 1.807) is 0 Å². The van der Waals surface area contributed by atoms with Gasteiger partial charge in [-0.25, -0.2) is 0 Å². The Morgan fingerprint density at radius 3 is 2.50 bits per heavy atom. The van der Waals surface area contributed by atoms with Crippen molar-refractivity contribution >= 4 is 13.5 Å². The summed E-state index contributed by atoms with van der Waals surface area (Å²) in [7, 11) is -0.882. The van der Waals surface area contributed by atoms with Gasteiger partial charge in [-0.2, -0.15) is 0 Å². The van der Waals surface area contributed by atoms with Crippen molar-refractivity contribution < 1.29 is 4.89 Å². The highest BCUT2D eigenvalue weighted by molar-refractivity contribution is 7.59. The minimum atomic E-state index is -0.882. The summed E-state index contributed by atoms with van der Waals surface area (Å²) in [6, 6.07) is 9.94. The van der Waals surface area contributed by atoms with E-state index in [0.29, 0.717) is 0 Å². The summed E-state index contributed by atoms with van der Waals surface area (Å²) >= 11 is 0. The maximum Gasteiger partial charge on any atom is 0.0563 e. The van der Waals surface area contributed by atoms with Gasteiger partial charge in [0.05, 0.1) is 8.15 Å². The molecule has 0 fully saturated rings. The number of benzene rings is 1. The van der Waals surface area contributed by atoms with Gasteiger partial charge < -0.3 is 4.89 Å². The highest BCUT2D eigenvalue weighted by Crippen LogP contribution is 2.29. The Labute approximate surface area is 75.3 Å². The van der Waals surface area contributed by atoms with Crippen molar-refractivity contribution in [3.8, 4) is 0 Å². The Morgan fingerprint density at radius 1 is 1.25 bits per heavy atom. The first kappa shape index (κ1) is 9.70. The van der Waals surface area contributed by atoms with Crippen LogP contribution in [-0.2, 0) is 0 Å². The van der Waals surface area contributed by atoms with Crippen LogP contribution in [-0.4, -0.2) is 11.1 Å². The van der Waals surface area contributed by atoms with Crippen molar-refractivity contribution in [2.24, 2.45) is 0 Å². The molecule has 0 aliphatic heterocycles. The van der Waals surface area contributed by atoms with E-state index in [9.17, 15) is 4.89 Å². The van der Waals surface area contributed by atoms with Gasteiger partial charge in [0.2, 0.25) is 0 Å². The maximum absolute atomic E-state index is 9.72. The zero-order valence-corrected chi connectivity index (χ0v) is 8.30. The lowest BCUT2D eigenvalue weighted by molar-refractivity contribution is 0.629. The topological polar surface area (TPSA) is 20.2 Å². The maximum atomic E-state index is 9.72. The fourth-order valence-electron chi connectivity index (χ4n) is 1.04. The molecule has 0 spiro atoms. The van der Waals surface area contributed by atoms with Crippen LogP contribution in [0.1, 0.15) is 19.8 Å². The normalized spacial score (nSPS) is 12.8. The molecule has 0 aliphatic rings. The lowest BCUT2D eigenvalue weighted by Gasteiger charge is -2.08. The van der Waals surface area contributed by atoms with Gasteiger partial charge in [-0.1, -0.05) is 43.7 Å². The molecule has 0 saturated heterocycles. The third kappa shape index (κ3) is 2.92. The van der Waals surface area contributed by atoms with Crippen LogP contribution in [0.2, 0.25) is 0 Å². The molecule has 1 rings (SSSR count). The first-order valence-corrected chi connectivity index (χ1v) is 5.84. The summed E-state index contributed by atoms with van der Waals surface area (Å²) in [6.45, 7) is 2.15. The highest BCUT2D eigenvalue weighted by atomic mass is 31.1. The molecule has 0 aromatic heterocycles. The molecule has 0 bridgehead atoms. The molecule has 0 heterocycles. The predicted octanol–water partition coefficient (Wildman–Crippen LogP) is 2.50.